The van der Waals surface area contributed by atoms with E-state index in [0.29, 0.717) is 10.8 Å². The molecule has 8 heteroatoms. The van der Waals surface area contributed by atoms with Crippen molar-refractivity contribution in [1.82, 2.24) is 4.98 Å². The molecule has 2 N–H and O–H groups in total. The summed E-state index contributed by atoms with van der Waals surface area (Å²) >= 11 is 1.20. The van der Waals surface area contributed by atoms with Crippen molar-refractivity contribution in [1.29, 1.82) is 0 Å². The molecule has 0 saturated heterocycles. The maximum absolute atomic E-state index is 12.8. The Morgan fingerprint density at radius 3 is 2.00 bits per heavy atom. The molecule has 6 nitrogen and oxygen atoms in total. The lowest BCUT2D eigenvalue weighted by Crippen LogP contribution is -2.17. The number of carbonyl (C=O) groups is 1. The van der Waals surface area contributed by atoms with Crippen LogP contribution in [0.3, 0.4) is 0 Å². The number of thiazole rings is 1. The first-order valence-electron chi connectivity index (χ1n) is 9.93. The van der Waals surface area contributed by atoms with E-state index in [1.807, 2.05) is 60.7 Å². The van der Waals surface area contributed by atoms with Crippen LogP contribution in [0, 0.1) is 0 Å². The number of hydrogen-bond donors (Lipinski definition) is 2. The summed E-state index contributed by atoms with van der Waals surface area (Å²) in [6.45, 7) is 0. The van der Waals surface area contributed by atoms with Crippen LogP contribution >= 0.6 is 11.3 Å². The van der Waals surface area contributed by atoms with Crippen molar-refractivity contribution in [3.8, 4) is 0 Å². The Hall–Kier alpha value is -3.49. The van der Waals surface area contributed by atoms with Crippen LogP contribution in [0.25, 0.3) is 0 Å². The molecule has 3 aromatic carbocycles. The van der Waals surface area contributed by atoms with Gasteiger partial charge in [-0.15, -0.1) is 11.3 Å². The summed E-state index contributed by atoms with van der Waals surface area (Å²) in [5.74, 6) is -0.237. The minimum absolute atomic E-state index is 0.0838. The number of benzene rings is 3. The highest BCUT2D eigenvalue weighted by Crippen LogP contribution is 2.28. The predicted molar refractivity (Wildman–Crippen MR) is 127 cm³/mol. The second-order valence-corrected chi connectivity index (χ2v) is 9.67. The summed E-state index contributed by atoms with van der Waals surface area (Å²) in [5, 5.41) is 4.86. The van der Waals surface area contributed by atoms with Gasteiger partial charge in [0, 0.05) is 29.6 Å². The van der Waals surface area contributed by atoms with Gasteiger partial charge in [-0.3, -0.25) is 9.52 Å². The van der Waals surface area contributed by atoms with E-state index in [2.05, 4.69) is 15.0 Å². The summed E-state index contributed by atoms with van der Waals surface area (Å²) in [4.78, 5) is 16.8. The third-order valence-corrected chi connectivity index (χ3v) is 7.07. The number of rotatable bonds is 8. The minimum Gasteiger partial charge on any atom is -0.326 e. The Bertz CT molecular complexity index is 1220. The fraction of sp³-hybridized carbons (Fsp3) is 0.0833. The normalized spacial score (nSPS) is 11.3. The number of nitrogens with zero attached hydrogens (tertiary/aromatic N) is 1. The van der Waals surface area contributed by atoms with Crippen LogP contribution in [0.4, 0.5) is 10.8 Å². The van der Waals surface area contributed by atoms with Crippen LogP contribution < -0.4 is 10.0 Å². The maximum Gasteiger partial charge on any atom is 0.263 e. The van der Waals surface area contributed by atoms with Crippen LogP contribution in [0.15, 0.2) is 101 Å². The van der Waals surface area contributed by atoms with Crippen LogP contribution in [-0.4, -0.2) is 19.3 Å². The summed E-state index contributed by atoms with van der Waals surface area (Å²) < 4.78 is 27.4. The second kappa shape index (κ2) is 9.76. The van der Waals surface area contributed by atoms with Gasteiger partial charge in [0.1, 0.15) is 0 Å². The first-order valence-corrected chi connectivity index (χ1v) is 12.3. The van der Waals surface area contributed by atoms with Gasteiger partial charge in [0.25, 0.3) is 10.0 Å². The molecule has 0 aliphatic heterocycles. The molecule has 1 amide bonds. The number of anilines is 2. The molecular weight excluding hydrogens is 442 g/mol. The molecule has 0 aliphatic carbocycles. The van der Waals surface area contributed by atoms with Gasteiger partial charge < -0.3 is 5.32 Å². The third kappa shape index (κ3) is 5.40. The summed E-state index contributed by atoms with van der Waals surface area (Å²) in [5.41, 5.74) is 2.65. The summed E-state index contributed by atoms with van der Waals surface area (Å²) in [6, 6.07) is 25.9. The van der Waals surface area contributed by atoms with Crippen molar-refractivity contribution in [3.63, 3.8) is 0 Å². The molecule has 0 fully saturated rings. The minimum atomic E-state index is -3.73. The fourth-order valence-corrected chi connectivity index (χ4v) is 5.15. The quantitative estimate of drug-likeness (QED) is 0.380. The van der Waals surface area contributed by atoms with E-state index in [1.165, 1.54) is 29.7 Å². The largest absolute Gasteiger partial charge is 0.326 e. The average Bonchev–Trinajstić information content (AvgIpc) is 3.31. The summed E-state index contributed by atoms with van der Waals surface area (Å²) in [6.07, 6.45) is 1.79. The van der Waals surface area contributed by atoms with Gasteiger partial charge in [-0.25, -0.2) is 13.4 Å². The molecule has 0 radical (unpaired) electrons. The zero-order valence-corrected chi connectivity index (χ0v) is 18.6. The van der Waals surface area contributed by atoms with Crippen molar-refractivity contribution in [3.05, 3.63) is 108 Å². The highest BCUT2D eigenvalue weighted by molar-refractivity contribution is 7.93. The molecule has 32 heavy (non-hydrogen) atoms. The molecule has 0 saturated carbocycles. The molecule has 0 unspecified atom stereocenters. The van der Waals surface area contributed by atoms with E-state index in [9.17, 15) is 13.2 Å². The van der Waals surface area contributed by atoms with Gasteiger partial charge in [-0.1, -0.05) is 60.7 Å². The first-order chi connectivity index (χ1) is 15.5. The lowest BCUT2D eigenvalue weighted by atomic mass is 9.88. The fourth-order valence-electron chi connectivity index (χ4n) is 3.36. The first kappa shape index (κ1) is 21.7. The number of sulfonamides is 1. The zero-order chi connectivity index (χ0) is 22.4. The van der Waals surface area contributed by atoms with Gasteiger partial charge in [-0.05, 0) is 35.4 Å². The van der Waals surface area contributed by atoms with Gasteiger partial charge in [0.2, 0.25) is 5.91 Å². The van der Waals surface area contributed by atoms with Crippen molar-refractivity contribution in [2.45, 2.75) is 17.2 Å². The Morgan fingerprint density at radius 2 is 1.47 bits per heavy atom. The smallest absolute Gasteiger partial charge is 0.263 e. The molecule has 4 aromatic rings. The van der Waals surface area contributed by atoms with Crippen molar-refractivity contribution in [2.75, 3.05) is 10.0 Å². The third-order valence-electron chi connectivity index (χ3n) is 4.90. The molecule has 1 heterocycles. The average molecular weight is 464 g/mol. The van der Waals surface area contributed by atoms with E-state index < -0.39 is 10.0 Å². The monoisotopic (exact) mass is 463 g/mol. The molecule has 0 atom stereocenters. The van der Waals surface area contributed by atoms with Gasteiger partial charge >= 0.3 is 0 Å². The van der Waals surface area contributed by atoms with Crippen molar-refractivity contribution >= 4 is 38.1 Å². The maximum atomic E-state index is 12.8. The molecule has 0 spiro atoms. The topological polar surface area (TPSA) is 88.2 Å². The molecule has 0 aliphatic rings. The number of amides is 1. The van der Waals surface area contributed by atoms with Crippen LogP contribution in [0.1, 0.15) is 23.5 Å². The van der Waals surface area contributed by atoms with E-state index >= 15 is 0 Å². The molecule has 4 rings (SSSR count). The highest BCUT2D eigenvalue weighted by atomic mass is 32.2. The summed E-state index contributed by atoms with van der Waals surface area (Å²) in [7, 11) is -3.73. The van der Waals surface area contributed by atoms with Gasteiger partial charge in [0.15, 0.2) is 5.13 Å². The van der Waals surface area contributed by atoms with Gasteiger partial charge in [-0.2, -0.15) is 0 Å². The Balaban J connectivity index is 1.46. The van der Waals surface area contributed by atoms with E-state index in [1.54, 1.807) is 17.5 Å². The van der Waals surface area contributed by atoms with Crippen LogP contribution in [0.5, 0.6) is 0 Å². The number of hydrogen-bond acceptors (Lipinski definition) is 5. The van der Waals surface area contributed by atoms with Gasteiger partial charge in [0.05, 0.1) is 4.90 Å². The molecule has 1 aromatic heterocycles. The van der Waals surface area contributed by atoms with E-state index in [0.717, 1.165) is 11.1 Å². The molecular formula is C24H21N3O3S2. The van der Waals surface area contributed by atoms with E-state index in [4.69, 9.17) is 0 Å². The Labute approximate surface area is 191 Å². The standard InChI is InChI=1S/C24H21N3O3S2/c28-23(17-22(18-7-3-1-4-8-18)19-9-5-2-6-10-19)26-20-11-13-21(14-12-20)32(29,30)27-24-25-15-16-31-24/h1-16,22H,17H2,(H,25,27)(H,26,28). The Kier molecular flexibility index (Phi) is 6.63. The van der Waals surface area contributed by atoms with Crippen LogP contribution in [0.2, 0.25) is 0 Å². The number of aromatic nitrogens is 1. The molecule has 162 valence electrons. The van der Waals surface area contributed by atoms with Crippen molar-refractivity contribution in [2.24, 2.45) is 0 Å². The zero-order valence-electron chi connectivity index (χ0n) is 17.0. The SMILES string of the molecule is O=C(CC(c1ccccc1)c1ccccc1)Nc1ccc(S(=O)(=O)Nc2nccs2)cc1. The molecule has 0 bridgehead atoms. The van der Waals surface area contributed by atoms with E-state index in [-0.39, 0.29) is 23.1 Å². The number of nitrogens with one attached hydrogen (secondary N) is 2. The Morgan fingerprint density at radius 1 is 0.875 bits per heavy atom. The van der Waals surface area contributed by atoms with Crippen LogP contribution in [-0.2, 0) is 14.8 Å². The number of carbonyl (C=O) groups excluding carboxylic acids is 1. The second-order valence-electron chi connectivity index (χ2n) is 7.09. The van der Waals surface area contributed by atoms with Crippen molar-refractivity contribution < 1.29 is 13.2 Å². The lowest BCUT2D eigenvalue weighted by molar-refractivity contribution is -0.116. The lowest BCUT2D eigenvalue weighted by Gasteiger charge is -2.18. The predicted octanol–water partition coefficient (Wildman–Crippen LogP) is 5.10. The highest BCUT2D eigenvalue weighted by Gasteiger charge is 2.19.